The van der Waals surface area contributed by atoms with E-state index in [0.717, 1.165) is 31.8 Å². The van der Waals surface area contributed by atoms with Gasteiger partial charge >= 0.3 is 0 Å². The van der Waals surface area contributed by atoms with Gasteiger partial charge in [0.2, 0.25) is 5.91 Å². The van der Waals surface area contributed by atoms with Crippen LogP contribution >= 0.6 is 0 Å². The normalized spacial score (nSPS) is 24.9. The first-order chi connectivity index (χ1) is 12.9. The average molecular weight is 377 g/mol. The van der Waals surface area contributed by atoms with Crippen LogP contribution in [0, 0.1) is 18.7 Å². The standard InChI is InChI=1S/C22H33FN2O2/c1-15-11-19(7-8-21(15)23)20(18-5-6-18)12-22(26)24-13-16(2)25(9-10-27-4)17(3)14-24/h7-8,11,16-18,20H,5-6,9-10,12-14H2,1-4H3. The number of benzene rings is 1. The van der Waals surface area contributed by atoms with Crippen molar-refractivity contribution in [3.8, 4) is 0 Å². The van der Waals surface area contributed by atoms with Gasteiger partial charge < -0.3 is 9.64 Å². The quantitative estimate of drug-likeness (QED) is 0.729. The van der Waals surface area contributed by atoms with Crippen molar-refractivity contribution in [2.24, 2.45) is 5.92 Å². The first-order valence-corrected chi connectivity index (χ1v) is 10.2. The second kappa shape index (κ2) is 8.70. The molecule has 2 aliphatic rings. The number of amides is 1. The first-order valence-electron chi connectivity index (χ1n) is 10.2. The molecule has 1 aromatic rings. The van der Waals surface area contributed by atoms with E-state index >= 15 is 0 Å². The molecule has 150 valence electrons. The van der Waals surface area contributed by atoms with E-state index in [2.05, 4.69) is 18.7 Å². The van der Waals surface area contributed by atoms with Gasteiger partial charge in [-0.05, 0) is 62.6 Å². The van der Waals surface area contributed by atoms with Crippen LogP contribution in [-0.2, 0) is 9.53 Å². The number of methoxy groups -OCH3 is 1. The summed E-state index contributed by atoms with van der Waals surface area (Å²) in [6, 6.07) is 6.01. The Bertz CT molecular complexity index is 650. The number of rotatable bonds is 7. The molecular weight excluding hydrogens is 343 g/mol. The molecule has 1 saturated carbocycles. The molecule has 0 aromatic heterocycles. The van der Waals surface area contributed by atoms with Crippen LogP contribution in [0.15, 0.2) is 18.2 Å². The van der Waals surface area contributed by atoms with Gasteiger partial charge in [0, 0.05) is 45.2 Å². The molecule has 5 heteroatoms. The molecule has 2 fully saturated rings. The van der Waals surface area contributed by atoms with Crippen molar-refractivity contribution >= 4 is 5.91 Å². The number of halogens is 1. The minimum absolute atomic E-state index is 0.172. The van der Waals surface area contributed by atoms with Crippen molar-refractivity contribution in [3.05, 3.63) is 35.1 Å². The Kier molecular flexibility index (Phi) is 6.53. The molecule has 1 aromatic carbocycles. The van der Waals surface area contributed by atoms with Gasteiger partial charge in [-0.25, -0.2) is 4.39 Å². The molecule has 3 rings (SSSR count). The lowest BCUT2D eigenvalue weighted by molar-refractivity contribution is -0.136. The van der Waals surface area contributed by atoms with Crippen LogP contribution in [0.2, 0.25) is 0 Å². The molecule has 1 heterocycles. The molecule has 3 unspecified atom stereocenters. The molecule has 0 radical (unpaired) electrons. The SMILES string of the molecule is COCCN1C(C)CN(C(=O)CC(c2ccc(F)c(C)c2)C2CC2)CC1C. The lowest BCUT2D eigenvalue weighted by atomic mass is 9.89. The number of hydrogen-bond donors (Lipinski definition) is 0. The van der Waals surface area contributed by atoms with Gasteiger partial charge in [-0.15, -0.1) is 0 Å². The monoisotopic (exact) mass is 376 g/mol. The summed E-state index contributed by atoms with van der Waals surface area (Å²) in [4.78, 5) is 17.5. The van der Waals surface area contributed by atoms with E-state index < -0.39 is 0 Å². The van der Waals surface area contributed by atoms with E-state index in [-0.39, 0.29) is 17.6 Å². The number of carbonyl (C=O) groups is 1. The molecule has 0 spiro atoms. The molecule has 1 saturated heterocycles. The van der Waals surface area contributed by atoms with Gasteiger partial charge in [-0.3, -0.25) is 9.69 Å². The maximum atomic E-state index is 13.7. The second-order valence-electron chi connectivity index (χ2n) is 8.38. The van der Waals surface area contributed by atoms with Crippen LogP contribution in [0.1, 0.15) is 50.2 Å². The number of aryl methyl sites for hydroxylation is 1. The highest BCUT2D eigenvalue weighted by Crippen LogP contribution is 2.45. The Morgan fingerprint density at radius 3 is 2.48 bits per heavy atom. The van der Waals surface area contributed by atoms with Crippen molar-refractivity contribution in [3.63, 3.8) is 0 Å². The number of hydrogen-bond acceptors (Lipinski definition) is 3. The van der Waals surface area contributed by atoms with Gasteiger partial charge in [-0.1, -0.05) is 12.1 Å². The molecule has 3 atom stereocenters. The minimum atomic E-state index is -0.172. The Morgan fingerprint density at radius 1 is 1.26 bits per heavy atom. The highest BCUT2D eigenvalue weighted by atomic mass is 19.1. The van der Waals surface area contributed by atoms with Crippen molar-refractivity contribution in [1.29, 1.82) is 0 Å². The molecule has 0 N–H and O–H groups in total. The van der Waals surface area contributed by atoms with E-state index in [9.17, 15) is 9.18 Å². The van der Waals surface area contributed by atoms with Crippen molar-refractivity contribution in [1.82, 2.24) is 9.80 Å². The van der Waals surface area contributed by atoms with Gasteiger partial charge in [0.25, 0.3) is 0 Å². The van der Waals surface area contributed by atoms with E-state index in [4.69, 9.17) is 4.74 Å². The summed E-state index contributed by atoms with van der Waals surface area (Å²) < 4.78 is 18.9. The molecular formula is C22H33FN2O2. The lowest BCUT2D eigenvalue weighted by Gasteiger charge is -2.44. The number of nitrogens with zero attached hydrogens (tertiary/aromatic N) is 2. The van der Waals surface area contributed by atoms with E-state index in [1.54, 1.807) is 20.1 Å². The molecule has 4 nitrogen and oxygen atoms in total. The highest BCUT2D eigenvalue weighted by Gasteiger charge is 2.37. The zero-order valence-electron chi connectivity index (χ0n) is 17.1. The summed E-state index contributed by atoms with van der Waals surface area (Å²) in [6.45, 7) is 9.34. The van der Waals surface area contributed by atoms with Crippen LogP contribution in [0.3, 0.4) is 0 Å². The Morgan fingerprint density at radius 2 is 1.93 bits per heavy atom. The van der Waals surface area contributed by atoms with Crippen LogP contribution in [-0.4, -0.2) is 61.1 Å². The zero-order valence-corrected chi connectivity index (χ0v) is 17.1. The van der Waals surface area contributed by atoms with Crippen molar-refractivity contribution in [2.45, 2.75) is 58.0 Å². The average Bonchev–Trinajstić information content (AvgIpc) is 3.46. The van der Waals surface area contributed by atoms with Crippen LogP contribution in [0.4, 0.5) is 4.39 Å². The van der Waals surface area contributed by atoms with E-state index in [1.807, 2.05) is 17.0 Å². The Balaban J connectivity index is 1.65. The van der Waals surface area contributed by atoms with Gasteiger partial charge in [0.05, 0.1) is 6.61 Å². The molecule has 1 amide bonds. The second-order valence-corrected chi connectivity index (χ2v) is 8.38. The number of ether oxygens (including phenoxy) is 1. The maximum absolute atomic E-state index is 13.7. The topological polar surface area (TPSA) is 32.8 Å². The lowest BCUT2D eigenvalue weighted by Crippen LogP contribution is -2.58. The van der Waals surface area contributed by atoms with Crippen LogP contribution in [0.25, 0.3) is 0 Å². The fourth-order valence-electron chi connectivity index (χ4n) is 4.47. The van der Waals surface area contributed by atoms with E-state index in [0.29, 0.717) is 30.0 Å². The third kappa shape index (κ3) is 4.88. The van der Waals surface area contributed by atoms with Gasteiger partial charge in [0.15, 0.2) is 0 Å². The zero-order chi connectivity index (χ0) is 19.6. The fourth-order valence-corrected chi connectivity index (χ4v) is 4.47. The molecule has 1 aliphatic heterocycles. The summed E-state index contributed by atoms with van der Waals surface area (Å²) in [7, 11) is 1.73. The molecule has 27 heavy (non-hydrogen) atoms. The predicted molar refractivity (Wildman–Crippen MR) is 105 cm³/mol. The third-order valence-corrected chi connectivity index (χ3v) is 6.20. The largest absolute Gasteiger partial charge is 0.383 e. The summed E-state index contributed by atoms with van der Waals surface area (Å²) in [5.41, 5.74) is 1.78. The van der Waals surface area contributed by atoms with E-state index in [1.165, 1.54) is 12.8 Å². The third-order valence-electron chi connectivity index (χ3n) is 6.20. The van der Waals surface area contributed by atoms with Gasteiger partial charge in [-0.2, -0.15) is 0 Å². The Labute approximate surface area is 162 Å². The molecule has 0 bridgehead atoms. The van der Waals surface area contributed by atoms with Crippen LogP contribution < -0.4 is 0 Å². The summed E-state index contributed by atoms with van der Waals surface area (Å²) >= 11 is 0. The fraction of sp³-hybridized carbons (Fsp3) is 0.682. The number of piperazine rings is 1. The minimum Gasteiger partial charge on any atom is -0.383 e. The summed E-state index contributed by atoms with van der Waals surface area (Å²) in [6.07, 6.45) is 2.88. The smallest absolute Gasteiger partial charge is 0.223 e. The number of carbonyl (C=O) groups excluding carboxylic acids is 1. The first kappa shape index (κ1) is 20.3. The Hall–Kier alpha value is -1.46. The summed E-state index contributed by atoms with van der Waals surface area (Å²) in [5.74, 6) is 0.846. The van der Waals surface area contributed by atoms with Gasteiger partial charge in [0.1, 0.15) is 5.82 Å². The molecule has 1 aliphatic carbocycles. The predicted octanol–water partition coefficient (Wildman–Crippen LogP) is 3.59. The van der Waals surface area contributed by atoms with Crippen LogP contribution in [0.5, 0.6) is 0 Å². The summed E-state index contributed by atoms with van der Waals surface area (Å²) in [5, 5.41) is 0. The van der Waals surface area contributed by atoms with Crippen molar-refractivity contribution < 1.29 is 13.9 Å². The highest BCUT2D eigenvalue weighted by molar-refractivity contribution is 5.77. The van der Waals surface area contributed by atoms with Crippen molar-refractivity contribution in [2.75, 3.05) is 33.4 Å². The maximum Gasteiger partial charge on any atom is 0.223 e.